The van der Waals surface area contributed by atoms with Gasteiger partial charge in [-0.1, -0.05) is 0 Å². The van der Waals surface area contributed by atoms with Crippen LogP contribution in [0.2, 0.25) is 0 Å². The van der Waals surface area contributed by atoms with E-state index in [4.69, 9.17) is 0 Å². The molecule has 3 N–H and O–H groups in total. The van der Waals surface area contributed by atoms with Crippen molar-refractivity contribution in [2.75, 3.05) is 30.0 Å². The molecule has 2 aromatic rings. The van der Waals surface area contributed by atoms with E-state index < -0.39 is 14.8 Å². The third-order valence-electron chi connectivity index (χ3n) is 4.35. The van der Waals surface area contributed by atoms with Crippen molar-refractivity contribution in [3.8, 4) is 0 Å². The molecule has 1 aromatic carbocycles. The summed E-state index contributed by atoms with van der Waals surface area (Å²) in [6, 6.07) is 7.75. The van der Waals surface area contributed by atoms with Gasteiger partial charge in [0.1, 0.15) is 5.69 Å². The summed E-state index contributed by atoms with van der Waals surface area (Å²) in [5.74, 6) is 0.103. The van der Waals surface area contributed by atoms with Crippen molar-refractivity contribution >= 4 is 32.7 Å². The number of nitrogens with one attached hydrogen (secondary N) is 3. The summed E-state index contributed by atoms with van der Waals surface area (Å²) >= 11 is 0. The van der Waals surface area contributed by atoms with Crippen LogP contribution < -0.4 is 16.0 Å². The smallest absolute Gasteiger partial charge is 0.334 e. The molecular formula is C17H21N5O4S. The molecule has 1 fully saturated rings. The lowest BCUT2D eigenvalue weighted by atomic mass is 10.1. The molecule has 1 saturated heterocycles. The van der Waals surface area contributed by atoms with Crippen LogP contribution in [0.15, 0.2) is 41.4 Å². The fourth-order valence-electron chi connectivity index (χ4n) is 2.96. The van der Waals surface area contributed by atoms with Crippen molar-refractivity contribution < 1.29 is 13.3 Å². The van der Waals surface area contributed by atoms with Gasteiger partial charge in [-0.3, -0.25) is 10.1 Å². The first-order valence-corrected chi connectivity index (χ1v) is 10.4. The van der Waals surface area contributed by atoms with Gasteiger partial charge in [0.2, 0.25) is 5.82 Å². The lowest BCUT2D eigenvalue weighted by molar-refractivity contribution is -0.383. The van der Waals surface area contributed by atoms with Gasteiger partial charge in [0.25, 0.3) is 0 Å². The Morgan fingerprint density at radius 2 is 1.85 bits per heavy atom. The number of aromatic nitrogens is 1. The summed E-state index contributed by atoms with van der Waals surface area (Å²) in [7, 11) is -3.30. The Kier molecular flexibility index (Phi) is 5.57. The van der Waals surface area contributed by atoms with E-state index in [-0.39, 0.29) is 22.4 Å². The molecule has 0 unspecified atom stereocenters. The zero-order chi connectivity index (χ0) is 19.4. The molecule has 0 saturated carbocycles. The summed E-state index contributed by atoms with van der Waals surface area (Å²) < 4.78 is 23.1. The van der Waals surface area contributed by atoms with Crippen LogP contribution in [0.25, 0.3) is 0 Å². The number of hydrogen-bond acceptors (Lipinski definition) is 8. The molecule has 2 heterocycles. The highest BCUT2D eigenvalue weighted by atomic mass is 32.2. The minimum absolute atomic E-state index is 0.103. The van der Waals surface area contributed by atoms with Crippen molar-refractivity contribution in [2.24, 2.45) is 0 Å². The molecule has 27 heavy (non-hydrogen) atoms. The van der Waals surface area contributed by atoms with Crippen LogP contribution in [0.3, 0.4) is 0 Å². The highest BCUT2D eigenvalue weighted by Crippen LogP contribution is 2.34. The van der Waals surface area contributed by atoms with Gasteiger partial charge >= 0.3 is 5.69 Å². The van der Waals surface area contributed by atoms with Crippen LogP contribution in [0.4, 0.5) is 22.9 Å². The lowest BCUT2D eigenvalue weighted by Gasteiger charge is -2.24. The van der Waals surface area contributed by atoms with Gasteiger partial charge < -0.3 is 16.0 Å². The van der Waals surface area contributed by atoms with Crippen LogP contribution in [0.1, 0.15) is 12.8 Å². The molecule has 10 heteroatoms. The van der Waals surface area contributed by atoms with Gasteiger partial charge in [-0.15, -0.1) is 0 Å². The number of sulfone groups is 1. The fraction of sp³-hybridized carbons (Fsp3) is 0.353. The maximum atomic E-state index is 11.7. The monoisotopic (exact) mass is 391 g/mol. The number of anilines is 3. The van der Waals surface area contributed by atoms with Gasteiger partial charge in [-0.05, 0) is 56.3 Å². The Labute approximate surface area is 157 Å². The molecule has 1 aromatic heterocycles. The van der Waals surface area contributed by atoms with Gasteiger partial charge in [0, 0.05) is 24.2 Å². The minimum Gasteiger partial charge on any atom is -0.376 e. The first kappa shape index (κ1) is 19.1. The van der Waals surface area contributed by atoms with E-state index in [1.165, 1.54) is 18.3 Å². The standard InChI is InChI=1S/C17H21N5O4S/c1-27(25,26)14-4-2-12(3-5-14)21-17-16(22(23)24)15(8-11-19-17)20-13-6-9-18-10-7-13/h2-5,8,11,13,18H,6-7,9-10H2,1H3,(H2,19,20,21). The van der Waals surface area contributed by atoms with E-state index in [1.807, 2.05) is 0 Å². The van der Waals surface area contributed by atoms with E-state index in [2.05, 4.69) is 20.9 Å². The maximum Gasteiger partial charge on any atom is 0.334 e. The number of nitro groups is 1. The van der Waals surface area contributed by atoms with Gasteiger partial charge in [-0.25, -0.2) is 13.4 Å². The largest absolute Gasteiger partial charge is 0.376 e. The van der Waals surface area contributed by atoms with Crippen LogP contribution in [-0.4, -0.2) is 43.7 Å². The molecule has 0 amide bonds. The van der Waals surface area contributed by atoms with Crippen LogP contribution in [0, 0.1) is 10.1 Å². The van der Waals surface area contributed by atoms with Crippen molar-refractivity contribution in [1.29, 1.82) is 0 Å². The number of hydrogen-bond donors (Lipinski definition) is 3. The van der Waals surface area contributed by atoms with E-state index >= 15 is 0 Å². The second kappa shape index (κ2) is 7.89. The molecule has 3 rings (SSSR count). The molecular weight excluding hydrogens is 370 g/mol. The predicted octanol–water partition coefficient (Wildman–Crippen LogP) is 2.30. The lowest BCUT2D eigenvalue weighted by Crippen LogP contribution is -2.35. The third-order valence-corrected chi connectivity index (χ3v) is 5.48. The number of benzene rings is 1. The number of nitrogens with zero attached hydrogens (tertiary/aromatic N) is 2. The quantitative estimate of drug-likeness (QED) is 0.506. The Morgan fingerprint density at radius 1 is 1.19 bits per heavy atom. The predicted molar refractivity (Wildman–Crippen MR) is 103 cm³/mol. The summed E-state index contributed by atoms with van der Waals surface area (Å²) in [6.07, 6.45) is 4.39. The van der Waals surface area contributed by atoms with Crippen LogP contribution >= 0.6 is 0 Å². The molecule has 0 atom stereocenters. The summed E-state index contributed by atoms with van der Waals surface area (Å²) in [5.41, 5.74) is 0.789. The van der Waals surface area contributed by atoms with Gasteiger partial charge in [0.05, 0.1) is 9.82 Å². The Bertz CT molecular complexity index is 925. The topological polar surface area (TPSA) is 126 Å². The van der Waals surface area contributed by atoms with Crippen LogP contribution in [0.5, 0.6) is 0 Å². The van der Waals surface area contributed by atoms with Crippen molar-refractivity contribution in [3.05, 3.63) is 46.6 Å². The number of piperidine rings is 1. The molecule has 144 valence electrons. The molecule has 9 nitrogen and oxygen atoms in total. The minimum atomic E-state index is -3.30. The third kappa shape index (κ3) is 4.72. The normalized spacial score (nSPS) is 15.3. The number of pyridine rings is 1. The van der Waals surface area contributed by atoms with Crippen LogP contribution in [-0.2, 0) is 9.84 Å². The maximum absolute atomic E-state index is 11.7. The van der Waals surface area contributed by atoms with E-state index in [0.717, 1.165) is 32.2 Å². The second-order valence-corrected chi connectivity index (χ2v) is 8.42. The second-order valence-electron chi connectivity index (χ2n) is 6.40. The van der Waals surface area contributed by atoms with Crippen molar-refractivity contribution in [2.45, 2.75) is 23.8 Å². The molecule has 1 aliphatic heterocycles. The molecule has 0 spiro atoms. The highest BCUT2D eigenvalue weighted by molar-refractivity contribution is 7.90. The van der Waals surface area contributed by atoms with E-state index in [1.54, 1.807) is 18.2 Å². The van der Waals surface area contributed by atoms with E-state index in [0.29, 0.717) is 11.4 Å². The Balaban J connectivity index is 1.86. The zero-order valence-electron chi connectivity index (χ0n) is 14.8. The number of rotatable bonds is 6. The van der Waals surface area contributed by atoms with E-state index in [9.17, 15) is 18.5 Å². The summed E-state index contributed by atoms with van der Waals surface area (Å²) in [6.45, 7) is 1.74. The van der Waals surface area contributed by atoms with Crippen molar-refractivity contribution in [1.82, 2.24) is 10.3 Å². The highest BCUT2D eigenvalue weighted by Gasteiger charge is 2.24. The first-order chi connectivity index (χ1) is 12.8. The first-order valence-electron chi connectivity index (χ1n) is 8.52. The Morgan fingerprint density at radius 3 is 2.44 bits per heavy atom. The fourth-order valence-corrected chi connectivity index (χ4v) is 3.59. The SMILES string of the molecule is CS(=O)(=O)c1ccc(Nc2nccc(NC3CCNCC3)c2[N+](=O)[O-])cc1. The van der Waals surface area contributed by atoms with Gasteiger partial charge in [-0.2, -0.15) is 0 Å². The molecule has 0 radical (unpaired) electrons. The summed E-state index contributed by atoms with van der Waals surface area (Å²) in [4.78, 5) is 15.5. The van der Waals surface area contributed by atoms with Crippen molar-refractivity contribution in [3.63, 3.8) is 0 Å². The zero-order valence-corrected chi connectivity index (χ0v) is 15.6. The average Bonchev–Trinajstić information content (AvgIpc) is 2.62. The molecule has 0 bridgehead atoms. The van der Waals surface area contributed by atoms with Gasteiger partial charge in [0.15, 0.2) is 9.84 Å². The average molecular weight is 391 g/mol. The Hall–Kier alpha value is -2.72. The summed E-state index contributed by atoms with van der Waals surface area (Å²) in [5, 5.41) is 21.1. The molecule has 0 aliphatic carbocycles. The molecule has 1 aliphatic rings.